The lowest BCUT2D eigenvalue weighted by Crippen LogP contribution is -2.10. The topological polar surface area (TPSA) is 64.7 Å². The van der Waals surface area contributed by atoms with Gasteiger partial charge in [-0.2, -0.15) is 10.2 Å². The summed E-state index contributed by atoms with van der Waals surface area (Å²) in [7, 11) is 1.83. The maximum absolute atomic E-state index is 13.8. The van der Waals surface area contributed by atoms with Crippen molar-refractivity contribution in [2.45, 2.75) is 13.5 Å². The van der Waals surface area contributed by atoms with Gasteiger partial charge >= 0.3 is 0 Å². The van der Waals surface area contributed by atoms with E-state index in [1.54, 1.807) is 41.4 Å². The monoisotopic (exact) mass is 373 g/mol. The van der Waals surface area contributed by atoms with E-state index in [1.807, 2.05) is 14.0 Å². The molecular formula is C18H17ClFN5O. The number of aryl methyl sites for hydroxylation is 1. The van der Waals surface area contributed by atoms with Gasteiger partial charge in [-0.15, -0.1) is 0 Å². The zero-order valence-electron chi connectivity index (χ0n) is 14.3. The minimum absolute atomic E-state index is 0.173. The molecule has 1 aromatic carbocycles. The quantitative estimate of drug-likeness (QED) is 0.697. The molecule has 1 N–H and O–H groups in total. The third kappa shape index (κ3) is 4.00. The Morgan fingerprint density at radius 3 is 2.88 bits per heavy atom. The largest absolute Gasteiger partial charge is 0.306 e. The Hall–Kier alpha value is -2.93. The Balaban J connectivity index is 1.65. The molecule has 0 atom stereocenters. The van der Waals surface area contributed by atoms with Gasteiger partial charge in [-0.3, -0.25) is 14.2 Å². The number of anilines is 1. The number of nitrogens with one attached hydrogen (secondary N) is 1. The normalized spacial score (nSPS) is 11.2. The van der Waals surface area contributed by atoms with Crippen LogP contribution in [0.5, 0.6) is 0 Å². The van der Waals surface area contributed by atoms with Crippen LogP contribution in [0.2, 0.25) is 5.02 Å². The molecule has 0 unspecified atom stereocenters. The van der Waals surface area contributed by atoms with Crippen molar-refractivity contribution in [1.29, 1.82) is 0 Å². The highest BCUT2D eigenvalue weighted by Gasteiger charge is 2.09. The average Bonchev–Trinajstić information content (AvgIpc) is 3.17. The van der Waals surface area contributed by atoms with Gasteiger partial charge in [0.05, 0.1) is 12.7 Å². The van der Waals surface area contributed by atoms with Crippen molar-refractivity contribution in [2.24, 2.45) is 7.05 Å². The van der Waals surface area contributed by atoms with Gasteiger partial charge in [-0.1, -0.05) is 17.7 Å². The fraction of sp³-hybridized carbons (Fsp3) is 0.167. The van der Waals surface area contributed by atoms with E-state index in [2.05, 4.69) is 15.5 Å². The summed E-state index contributed by atoms with van der Waals surface area (Å²) in [5, 5.41) is 11.3. The van der Waals surface area contributed by atoms with Crippen molar-refractivity contribution >= 4 is 29.4 Å². The smallest absolute Gasteiger partial charge is 0.249 e. The van der Waals surface area contributed by atoms with Gasteiger partial charge in [-0.25, -0.2) is 4.39 Å². The van der Waals surface area contributed by atoms with Gasteiger partial charge in [0, 0.05) is 47.2 Å². The van der Waals surface area contributed by atoms with E-state index >= 15 is 0 Å². The van der Waals surface area contributed by atoms with Crippen LogP contribution in [0.3, 0.4) is 0 Å². The first-order valence-electron chi connectivity index (χ1n) is 7.88. The van der Waals surface area contributed by atoms with Crippen molar-refractivity contribution in [3.63, 3.8) is 0 Å². The molecule has 0 bridgehead atoms. The summed E-state index contributed by atoms with van der Waals surface area (Å²) >= 11 is 6.02. The molecule has 134 valence electrons. The van der Waals surface area contributed by atoms with Crippen LogP contribution in [0, 0.1) is 12.7 Å². The number of benzene rings is 1. The third-order valence-electron chi connectivity index (χ3n) is 3.96. The molecule has 0 aliphatic carbocycles. The summed E-state index contributed by atoms with van der Waals surface area (Å²) in [5.74, 6) is -0.342. The van der Waals surface area contributed by atoms with Crippen molar-refractivity contribution in [3.8, 4) is 0 Å². The molecule has 0 saturated carbocycles. The summed E-state index contributed by atoms with van der Waals surface area (Å²) < 4.78 is 17.1. The van der Waals surface area contributed by atoms with E-state index in [1.165, 1.54) is 16.8 Å². The van der Waals surface area contributed by atoms with Crippen molar-refractivity contribution in [3.05, 3.63) is 70.4 Å². The maximum atomic E-state index is 13.8. The first kappa shape index (κ1) is 17.9. The Labute approximate surface area is 154 Å². The molecule has 6 nitrogen and oxygen atoms in total. The molecule has 8 heteroatoms. The fourth-order valence-corrected chi connectivity index (χ4v) is 2.60. The lowest BCUT2D eigenvalue weighted by atomic mass is 10.2. The molecule has 3 aromatic rings. The number of hydrogen-bond donors (Lipinski definition) is 1. The molecule has 0 aliphatic heterocycles. The number of aromatic nitrogens is 4. The van der Waals surface area contributed by atoms with E-state index in [-0.39, 0.29) is 12.5 Å². The van der Waals surface area contributed by atoms with Gasteiger partial charge in [0.1, 0.15) is 5.82 Å². The minimum Gasteiger partial charge on any atom is -0.306 e. The predicted octanol–water partition coefficient (Wildman–Crippen LogP) is 3.42. The number of rotatable bonds is 5. The Morgan fingerprint density at radius 2 is 2.19 bits per heavy atom. The number of carbonyl (C=O) groups is 1. The van der Waals surface area contributed by atoms with Crippen LogP contribution in [-0.4, -0.2) is 25.5 Å². The second-order valence-electron chi connectivity index (χ2n) is 5.73. The van der Waals surface area contributed by atoms with E-state index in [0.717, 1.165) is 11.3 Å². The Morgan fingerprint density at radius 1 is 1.38 bits per heavy atom. The third-order valence-corrected chi connectivity index (χ3v) is 4.32. The first-order valence-corrected chi connectivity index (χ1v) is 8.26. The second kappa shape index (κ2) is 7.53. The standard InChI is InChI=1S/C18H17ClFN5O/c1-12-13(10-21-24(12)2)6-7-18(26)22-17-8-9-25(23-17)11-14-15(19)4-3-5-16(14)20/h3-10H,11H2,1-2H3,(H,22,23,26)/b7-6+. The number of carbonyl (C=O) groups excluding carboxylic acids is 1. The minimum atomic E-state index is -0.395. The summed E-state index contributed by atoms with van der Waals surface area (Å²) in [6.45, 7) is 2.09. The zero-order chi connectivity index (χ0) is 18.7. The van der Waals surface area contributed by atoms with Gasteiger partial charge in [-0.05, 0) is 25.1 Å². The molecule has 26 heavy (non-hydrogen) atoms. The molecule has 0 spiro atoms. The fourth-order valence-electron chi connectivity index (χ4n) is 2.37. The SMILES string of the molecule is Cc1c(/C=C/C(=O)Nc2ccn(Cc3c(F)cccc3Cl)n2)cnn1C. The lowest BCUT2D eigenvalue weighted by Gasteiger charge is -2.05. The molecule has 0 fully saturated rings. The number of hydrogen-bond acceptors (Lipinski definition) is 3. The molecule has 0 saturated heterocycles. The van der Waals surface area contributed by atoms with Crippen LogP contribution in [0.1, 0.15) is 16.8 Å². The highest BCUT2D eigenvalue weighted by Crippen LogP contribution is 2.20. The maximum Gasteiger partial charge on any atom is 0.249 e. The van der Waals surface area contributed by atoms with E-state index < -0.39 is 5.82 Å². The summed E-state index contributed by atoms with van der Waals surface area (Å²) in [5.41, 5.74) is 2.17. The van der Waals surface area contributed by atoms with Crippen molar-refractivity contribution < 1.29 is 9.18 Å². The van der Waals surface area contributed by atoms with Crippen LogP contribution in [0.25, 0.3) is 6.08 Å². The van der Waals surface area contributed by atoms with Crippen LogP contribution >= 0.6 is 11.6 Å². The summed E-state index contributed by atoms with van der Waals surface area (Å²) in [4.78, 5) is 12.0. The lowest BCUT2D eigenvalue weighted by molar-refractivity contribution is -0.111. The van der Waals surface area contributed by atoms with Gasteiger partial charge in [0.15, 0.2) is 5.82 Å². The molecule has 0 radical (unpaired) electrons. The molecule has 2 heterocycles. The van der Waals surface area contributed by atoms with E-state index in [9.17, 15) is 9.18 Å². The molecular weight excluding hydrogens is 357 g/mol. The highest BCUT2D eigenvalue weighted by molar-refractivity contribution is 6.31. The van der Waals surface area contributed by atoms with E-state index in [0.29, 0.717) is 16.4 Å². The Kier molecular flexibility index (Phi) is 5.18. The molecule has 0 aliphatic rings. The highest BCUT2D eigenvalue weighted by atomic mass is 35.5. The number of halogens is 2. The Bertz CT molecular complexity index is 956. The number of nitrogens with zero attached hydrogens (tertiary/aromatic N) is 4. The van der Waals surface area contributed by atoms with Crippen molar-refractivity contribution in [1.82, 2.24) is 19.6 Å². The van der Waals surface area contributed by atoms with Crippen molar-refractivity contribution in [2.75, 3.05) is 5.32 Å². The van der Waals surface area contributed by atoms with Crippen LogP contribution in [-0.2, 0) is 18.4 Å². The van der Waals surface area contributed by atoms with Crippen LogP contribution in [0.15, 0.2) is 42.7 Å². The summed E-state index contributed by atoms with van der Waals surface area (Å²) in [6.07, 6.45) is 6.43. The van der Waals surface area contributed by atoms with Gasteiger partial charge in [0.2, 0.25) is 5.91 Å². The van der Waals surface area contributed by atoms with Crippen LogP contribution < -0.4 is 5.32 Å². The van der Waals surface area contributed by atoms with Gasteiger partial charge < -0.3 is 5.32 Å². The zero-order valence-corrected chi connectivity index (χ0v) is 15.0. The number of amides is 1. The molecule has 3 rings (SSSR count). The average molecular weight is 374 g/mol. The van der Waals surface area contributed by atoms with Gasteiger partial charge in [0.25, 0.3) is 0 Å². The second-order valence-corrected chi connectivity index (χ2v) is 6.14. The summed E-state index contributed by atoms with van der Waals surface area (Å²) in [6, 6.07) is 6.15. The first-order chi connectivity index (χ1) is 12.4. The van der Waals surface area contributed by atoms with E-state index in [4.69, 9.17) is 11.6 Å². The predicted molar refractivity (Wildman–Crippen MR) is 98.3 cm³/mol. The molecule has 2 aromatic heterocycles. The molecule has 1 amide bonds. The van der Waals surface area contributed by atoms with Crippen LogP contribution in [0.4, 0.5) is 10.2 Å².